The lowest BCUT2D eigenvalue weighted by atomic mass is 10.3. The van der Waals surface area contributed by atoms with E-state index in [9.17, 15) is 0 Å². The molecule has 0 spiro atoms. The van der Waals surface area contributed by atoms with E-state index in [2.05, 4.69) is 4.98 Å². The number of hydrogen-bond donors (Lipinski definition) is 2. The van der Waals surface area contributed by atoms with Crippen molar-refractivity contribution in [1.29, 1.82) is 0 Å². The third kappa shape index (κ3) is 1.49. The van der Waals surface area contributed by atoms with Crippen LogP contribution in [-0.4, -0.2) is 15.2 Å². The van der Waals surface area contributed by atoms with Crippen LogP contribution in [0.5, 0.6) is 0 Å². The molecule has 4 heteroatoms. The number of nitrogens with one attached hydrogen (secondary N) is 1. The van der Waals surface area contributed by atoms with E-state index in [-0.39, 0.29) is 0 Å². The topological polar surface area (TPSA) is 45.1 Å². The second-order valence-corrected chi connectivity index (χ2v) is 2.09. The van der Waals surface area contributed by atoms with Crippen LogP contribution >= 0.6 is 12.2 Å². The molecule has 52 valence electrons. The molecule has 0 bridgehead atoms. The first kappa shape index (κ1) is 7.11. The zero-order valence-electron chi connectivity index (χ0n) is 5.11. The van der Waals surface area contributed by atoms with Crippen LogP contribution in [0.4, 0.5) is 0 Å². The van der Waals surface area contributed by atoms with E-state index in [1.807, 2.05) is 5.48 Å². The van der Waals surface area contributed by atoms with Gasteiger partial charge in [-0.05, 0) is 12.1 Å². The first-order chi connectivity index (χ1) is 4.84. The number of pyridine rings is 1. The van der Waals surface area contributed by atoms with E-state index in [1.54, 1.807) is 24.5 Å². The Hall–Kier alpha value is -1.00. The number of rotatable bonds is 1. The Kier molecular flexibility index (Phi) is 2.30. The van der Waals surface area contributed by atoms with Gasteiger partial charge in [-0.2, -0.15) is 0 Å². The van der Waals surface area contributed by atoms with Crippen molar-refractivity contribution >= 4 is 17.2 Å². The van der Waals surface area contributed by atoms with Crippen molar-refractivity contribution in [3.8, 4) is 0 Å². The predicted octanol–water partition coefficient (Wildman–Crippen LogP) is 0.736. The summed E-state index contributed by atoms with van der Waals surface area (Å²) in [5, 5.41) is 8.38. The first-order valence-corrected chi connectivity index (χ1v) is 3.10. The summed E-state index contributed by atoms with van der Waals surface area (Å²) in [5.74, 6) is 0. The molecule has 1 aromatic heterocycles. The highest BCUT2D eigenvalue weighted by atomic mass is 32.1. The van der Waals surface area contributed by atoms with Gasteiger partial charge in [0.2, 0.25) is 0 Å². The molecule has 1 heterocycles. The third-order valence-electron chi connectivity index (χ3n) is 1.04. The fourth-order valence-corrected chi connectivity index (χ4v) is 0.704. The smallest absolute Gasteiger partial charge is 0.130 e. The number of hydroxylamine groups is 1. The van der Waals surface area contributed by atoms with Crippen LogP contribution in [0, 0.1) is 0 Å². The van der Waals surface area contributed by atoms with Crippen molar-refractivity contribution in [2.45, 2.75) is 0 Å². The second kappa shape index (κ2) is 3.24. The molecule has 0 aliphatic carbocycles. The molecule has 10 heavy (non-hydrogen) atoms. The minimum Gasteiger partial charge on any atom is -0.290 e. The highest BCUT2D eigenvalue weighted by molar-refractivity contribution is 7.80. The van der Waals surface area contributed by atoms with Crippen molar-refractivity contribution in [1.82, 2.24) is 10.5 Å². The first-order valence-electron chi connectivity index (χ1n) is 2.69. The highest BCUT2D eigenvalue weighted by Crippen LogP contribution is 1.95. The zero-order chi connectivity index (χ0) is 7.40. The minimum absolute atomic E-state index is 0.308. The maximum absolute atomic E-state index is 8.38. The molecule has 0 amide bonds. The second-order valence-electron chi connectivity index (χ2n) is 1.68. The van der Waals surface area contributed by atoms with Crippen LogP contribution in [0.25, 0.3) is 0 Å². The summed E-state index contributed by atoms with van der Waals surface area (Å²) in [4.78, 5) is 4.10. The van der Waals surface area contributed by atoms with Crippen LogP contribution in [0.15, 0.2) is 24.5 Å². The average molecular weight is 154 g/mol. The molecule has 1 aromatic rings. The van der Waals surface area contributed by atoms with Gasteiger partial charge < -0.3 is 0 Å². The number of thiocarbonyl (C=S) groups is 1. The maximum atomic E-state index is 8.38. The summed E-state index contributed by atoms with van der Waals surface area (Å²) in [6.45, 7) is 0. The van der Waals surface area contributed by atoms with E-state index in [4.69, 9.17) is 17.4 Å². The van der Waals surface area contributed by atoms with Gasteiger partial charge in [-0.3, -0.25) is 15.7 Å². The Balaban J connectivity index is 2.85. The van der Waals surface area contributed by atoms with Gasteiger partial charge in [-0.15, -0.1) is 0 Å². The van der Waals surface area contributed by atoms with Crippen LogP contribution in [0.3, 0.4) is 0 Å². The van der Waals surface area contributed by atoms with Gasteiger partial charge in [0, 0.05) is 18.0 Å². The lowest BCUT2D eigenvalue weighted by Crippen LogP contribution is -2.16. The fourth-order valence-electron chi connectivity index (χ4n) is 0.568. The third-order valence-corrected chi connectivity index (χ3v) is 1.37. The van der Waals surface area contributed by atoms with Gasteiger partial charge in [0.1, 0.15) is 4.99 Å². The number of hydrogen-bond acceptors (Lipinski definition) is 3. The Morgan fingerprint density at radius 1 is 1.50 bits per heavy atom. The largest absolute Gasteiger partial charge is 0.290 e. The Morgan fingerprint density at radius 2 is 2.10 bits per heavy atom. The molecule has 0 saturated carbocycles. The normalized spacial score (nSPS) is 8.90. The van der Waals surface area contributed by atoms with Crippen molar-refractivity contribution in [3.63, 3.8) is 0 Å². The van der Waals surface area contributed by atoms with Crippen molar-refractivity contribution in [3.05, 3.63) is 30.1 Å². The van der Waals surface area contributed by atoms with Crippen LogP contribution in [0.2, 0.25) is 0 Å². The molecule has 2 N–H and O–H groups in total. The minimum atomic E-state index is 0.308. The lowest BCUT2D eigenvalue weighted by Gasteiger charge is -1.98. The number of aromatic nitrogens is 1. The molecule has 0 fully saturated rings. The van der Waals surface area contributed by atoms with Gasteiger partial charge in [-0.25, -0.2) is 0 Å². The van der Waals surface area contributed by atoms with Crippen molar-refractivity contribution < 1.29 is 5.21 Å². The van der Waals surface area contributed by atoms with E-state index >= 15 is 0 Å². The van der Waals surface area contributed by atoms with Crippen molar-refractivity contribution in [2.24, 2.45) is 0 Å². The summed E-state index contributed by atoms with van der Waals surface area (Å²) in [7, 11) is 0. The van der Waals surface area contributed by atoms with Crippen molar-refractivity contribution in [2.75, 3.05) is 0 Å². The van der Waals surface area contributed by atoms with Gasteiger partial charge in [0.25, 0.3) is 0 Å². The predicted molar refractivity (Wildman–Crippen MR) is 40.9 cm³/mol. The molecule has 3 nitrogen and oxygen atoms in total. The SMILES string of the molecule is ONC(=S)c1ccncc1. The van der Waals surface area contributed by atoms with Gasteiger partial charge in [-0.1, -0.05) is 12.2 Å². The summed E-state index contributed by atoms with van der Waals surface area (Å²) >= 11 is 4.73. The molecule has 0 aromatic carbocycles. The standard InChI is InChI=1S/C6H6N2OS/c9-8-6(10)5-1-3-7-4-2-5/h1-4,9H,(H,8,10). The van der Waals surface area contributed by atoms with Crippen LogP contribution in [-0.2, 0) is 0 Å². The Bertz CT molecular complexity index is 224. The van der Waals surface area contributed by atoms with Gasteiger partial charge in [0.05, 0.1) is 0 Å². The molecular formula is C6H6N2OS. The van der Waals surface area contributed by atoms with Crippen LogP contribution < -0.4 is 5.48 Å². The molecule has 0 atom stereocenters. The molecule has 0 radical (unpaired) electrons. The lowest BCUT2D eigenvalue weighted by molar-refractivity contribution is 0.238. The van der Waals surface area contributed by atoms with E-state index in [0.29, 0.717) is 4.99 Å². The summed E-state index contributed by atoms with van der Waals surface area (Å²) in [6.07, 6.45) is 3.22. The number of nitrogens with zero attached hydrogens (tertiary/aromatic N) is 1. The molecule has 0 saturated heterocycles. The van der Waals surface area contributed by atoms with E-state index in [0.717, 1.165) is 5.56 Å². The van der Waals surface area contributed by atoms with Gasteiger partial charge in [0.15, 0.2) is 0 Å². The van der Waals surface area contributed by atoms with E-state index in [1.165, 1.54) is 0 Å². The molecule has 0 aliphatic rings. The molecule has 0 aliphatic heterocycles. The van der Waals surface area contributed by atoms with E-state index < -0.39 is 0 Å². The maximum Gasteiger partial charge on any atom is 0.130 e. The summed E-state index contributed by atoms with van der Waals surface area (Å²) in [6, 6.07) is 3.43. The molecule has 0 unspecified atom stereocenters. The zero-order valence-corrected chi connectivity index (χ0v) is 5.93. The summed E-state index contributed by atoms with van der Waals surface area (Å²) < 4.78 is 0. The van der Waals surface area contributed by atoms with Gasteiger partial charge >= 0.3 is 0 Å². The Morgan fingerprint density at radius 3 is 2.60 bits per heavy atom. The summed E-state index contributed by atoms with van der Waals surface area (Å²) in [5.41, 5.74) is 2.64. The molecular weight excluding hydrogens is 148 g/mol. The average Bonchev–Trinajstić information content (AvgIpc) is 2.05. The Labute approximate surface area is 63.7 Å². The molecule has 1 rings (SSSR count). The quantitative estimate of drug-likeness (QED) is 0.462. The van der Waals surface area contributed by atoms with Crippen LogP contribution in [0.1, 0.15) is 5.56 Å². The highest BCUT2D eigenvalue weighted by Gasteiger charge is 1.94. The monoisotopic (exact) mass is 154 g/mol. The fraction of sp³-hybridized carbons (Fsp3) is 0.